The van der Waals surface area contributed by atoms with Crippen molar-refractivity contribution in [3.8, 4) is 5.75 Å². The standard InChI is InChI=1S/C28H31N5O3/c1-17(2)33-27-25(16-29-33)18(3)24(19(4)30-27)14-15-26(34)31-21-8-6-20(7-9-21)28(35)32-22-10-12-23(36-5)13-11-22/h6-13,16-17H,14-15H2,1-5H3,(H,31,34)(H,32,35). The summed E-state index contributed by atoms with van der Waals surface area (Å²) in [7, 11) is 1.59. The van der Waals surface area contributed by atoms with Crippen molar-refractivity contribution in [2.75, 3.05) is 17.7 Å². The van der Waals surface area contributed by atoms with Crippen molar-refractivity contribution < 1.29 is 14.3 Å². The zero-order valence-corrected chi connectivity index (χ0v) is 21.3. The van der Waals surface area contributed by atoms with Crippen LogP contribution >= 0.6 is 0 Å². The van der Waals surface area contributed by atoms with E-state index in [0.717, 1.165) is 33.6 Å². The fourth-order valence-electron chi connectivity index (χ4n) is 4.18. The Hall–Kier alpha value is -4.20. The van der Waals surface area contributed by atoms with E-state index in [1.54, 1.807) is 55.6 Å². The lowest BCUT2D eigenvalue weighted by molar-refractivity contribution is -0.116. The van der Waals surface area contributed by atoms with Crippen molar-refractivity contribution in [2.24, 2.45) is 0 Å². The summed E-state index contributed by atoms with van der Waals surface area (Å²) in [6, 6.07) is 14.2. The highest BCUT2D eigenvalue weighted by Crippen LogP contribution is 2.25. The number of nitrogens with zero attached hydrogens (tertiary/aromatic N) is 3. The first-order chi connectivity index (χ1) is 17.3. The van der Waals surface area contributed by atoms with E-state index in [-0.39, 0.29) is 17.9 Å². The van der Waals surface area contributed by atoms with Crippen molar-refractivity contribution >= 4 is 34.2 Å². The zero-order chi connectivity index (χ0) is 25.8. The normalized spacial score (nSPS) is 11.1. The predicted octanol–water partition coefficient (Wildman–Crippen LogP) is 5.46. The average Bonchev–Trinajstić information content (AvgIpc) is 3.29. The Morgan fingerprint density at radius 1 is 0.972 bits per heavy atom. The van der Waals surface area contributed by atoms with Crippen LogP contribution in [0.2, 0.25) is 0 Å². The van der Waals surface area contributed by atoms with E-state index in [1.165, 1.54) is 0 Å². The van der Waals surface area contributed by atoms with Crippen molar-refractivity contribution in [2.45, 2.75) is 46.6 Å². The second-order valence-electron chi connectivity index (χ2n) is 9.03. The molecule has 4 aromatic rings. The maximum Gasteiger partial charge on any atom is 0.255 e. The van der Waals surface area contributed by atoms with Crippen LogP contribution in [0, 0.1) is 13.8 Å². The first kappa shape index (κ1) is 24.9. The van der Waals surface area contributed by atoms with Crippen LogP contribution in [0.25, 0.3) is 11.0 Å². The average molecular weight is 486 g/mol. The highest BCUT2D eigenvalue weighted by atomic mass is 16.5. The number of methoxy groups -OCH3 is 1. The van der Waals surface area contributed by atoms with Crippen LogP contribution in [-0.4, -0.2) is 33.7 Å². The van der Waals surface area contributed by atoms with E-state index in [2.05, 4.69) is 36.5 Å². The molecule has 0 aliphatic rings. The van der Waals surface area contributed by atoms with Gasteiger partial charge in [0.15, 0.2) is 5.65 Å². The first-order valence-electron chi connectivity index (χ1n) is 12.0. The molecular formula is C28H31N5O3. The molecule has 2 aromatic carbocycles. The van der Waals surface area contributed by atoms with Gasteiger partial charge in [-0.3, -0.25) is 9.59 Å². The Balaban J connectivity index is 1.36. The van der Waals surface area contributed by atoms with Gasteiger partial charge in [0.05, 0.1) is 13.3 Å². The van der Waals surface area contributed by atoms with Gasteiger partial charge in [0.1, 0.15) is 5.75 Å². The molecule has 0 aliphatic carbocycles. The minimum absolute atomic E-state index is 0.0952. The highest BCUT2D eigenvalue weighted by Gasteiger charge is 2.16. The number of carbonyl (C=O) groups is 2. The SMILES string of the molecule is COc1ccc(NC(=O)c2ccc(NC(=O)CCc3c(C)nc4c(cnn4C(C)C)c3C)cc2)cc1. The number of pyridine rings is 1. The maximum absolute atomic E-state index is 12.6. The number of hydrogen-bond donors (Lipinski definition) is 2. The van der Waals surface area contributed by atoms with Gasteiger partial charge in [0, 0.05) is 40.5 Å². The van der Waals surface area contributed by atoms with Crippen molar-refractivity contribution in [1.29, 1.82) is 0 Å². The second kappa shape index (κ2) is 10.6. The Bertz CT molecular complexity index is 1390. The second-order valence-corrected chi connectivity index (χ2v) is 9.03. The molecule has 2 aromatic heterocycles. The summed E-state index contributed by atoms with van der Waals surface area (Å²) in [6.07, 6.45) is 2.77. The number of hydrogen-bond acceptors (Lipinski definition) is 5. The van der Waals surface area contributed by atoms with Crippen LogP contribution < -0.4 is 15.4 Å². The monoisotopic (exact) mass is 485 g/mol. The molecule has 0 bridgehead atoms. The number of aryl methyl sites for hydroxylation is 2. The lowest BCUT2D eigenvalue weighted by Crippen LogP contribution is -2.14. The van der Waals surface area contributed by atoms with E-state index in [9.17, 15) is 9.59 Å². The summed E-state index contributed by atoms with van der Waals surface area (Å²) in [5.74, 6) is 0.396. The molecule has 2 amide bonds. The molecule has 0 saturated carbocycles. The lowest BCUT2D eigenvalue weighted by Gasteiger charge is -2.13. The summed E-state index contributed by atoms with van der Waals surface area (Å²) in [6.45, 7) is 8.20. The quantitative estimate of drug-likeness (QED) is 0.345. The van der Waals surface area contributed by atoms with Gasteiger partial charge in [-0.15, -0.1) is 0 Å². The van der Waals surface area contributed by atoms with Crippen molar-refractivity contribution in [3.63, 3.8) is 0 Å². The third-order valence-electron chi connectivity index (χ3n) is 6.21. The number of aromatic nitrogens is 3. The third kappa shape index (κ3) is 5.38. The smallest absolute Gasteiger partial charge is 0.255 e. The fraction of sp³-hybridized carbons (Fsp3) is 0.286. The third-order valence-corrected chi connectivity index (χ3v) is 6.21. The van der Waals surface area contributed by atoms with Crippen molar-refractivity contribution in [1.82, 2.24) is 14.8 Å². The molecule has 0 radical (unpaired) electrons. The van der Waals surface area contributed by atoms with E-state index < -0.39 is 0 Å². The highest BCUT2D eigenvalue weighted by molar-refractivity contribution is 6.04. The summed E-state index contributed by atoms with van der Waals surface area (Å²) in [5, 5.41) is 11.3. The van der Waals surface area contributed by atoms with Crippen LogP contribution in [0.4, 0.5) is 11.4 Å². The van der Waals surface area contributed by atoms with Gasteiger partial charge >= 0.3 is 0 Å². The molecule has 0 fully saturated rings. The predicted molar refractivity (Wildman–Crippen MR) is 142 cm³/mol. The van der Waals surface area contributed by atoms with Crippen LogP contribution in [0.1, 0.15) is 53.5 Å². The molecule has 36 heavy (non-hydrogen) atoms. The molecule has 2 N–H and O–H groups in total. The van der Waals surface area contributed by atoms with Crippen LogP contribution in [0.5, 0.6) is 5.75 Å². The molecule has 2 heterocycles. The number of amides is 2. The number of rotatable bonds is 8. The molecule has 186 valence electrons. The lowest BCUT2D eigenvalue weighted by atomic mass is 10.0. The number of ether oxygens (including phenoxy) is 1. The van der Waals surface area contributed by atoms with Gasteiger partial charge in [0.25, 0.3) is 5.91 Å². The molecule has 0 saturated heterocycles. The number of fused-ring (bicyclic) bond motifs is 1. The fourth-order valence-corrected chi connectivity index (χ4v) is 4.18. The van der Waals surface area contributed by atoms with Gasteiger partial charge < -0.3 is 15.4 Å². The Kier molecular flexibility index (Phi) is 7.33. The molecule has 0 unspecified atom stereocenters. The number of anilines is 2. The summed E-state index contributed by atoms with van der Waals surface area (Å²) < 4.78 is 7.05. The Morgan fingerprint density at radius 2 is 1.61 bits per heavy atom. The number of nitrogens with one attached hydrogen (secondary N) is 2. The van der Waals surface area contributed by atoms with Crippen LogP contribution in [-0.2, 0) is 11.2 Å². The van der Waals surface area contributed by atoms with Gasteiger partial charge in [-0.05, 0) is 93.8 Å². The number of benzene rings is 2. The largest absolute Gasteiger partial charge is 0.497 e. The minimum atomic E-state index is -0.229. The Labute approximate surface area is 210 Å². The molecule has 0 aliphatic heterocycles. The molecule has 0 spiro atoms. The zero-order valence-electron chi connectivity index (χ0n) is 21.3. The molecule has 8 heteroatoms. The topological polar surface area (TPSA) is 98.1 Å². The van der Waals surface area contributed by atoms with Gasteiger partial charge in [-0.2, -0.15) is 5.10 Å². The van der Waals surface area contributed by atoms with E-state index in [4.69, 9.17) is 9.72 Å². The van der Waals surface area contributed by atoms with Crippen LogP contribution in [0.15, 0.2) is 54.7 Å². The summed E-state index contributed by atoms with van der Waals surface area (Å²) >= 11 is 0. The number of carbonyl (C=O) groups excluding carboxylic acids is 2. The first-order valence-corrected chi connectivity index (χ1v) is 12.0. The molecule has 4 rings (SSSR count). The summed E-state index contributed by atoms with van der Waals surface area (Å²) in [4.78, 5) is 29.9. The van der Waals surface area contributed by atoms with Crippen molar-refractivity contribution in [3.05, 3.63) is 77.1 Å². The molecular weight excluding hydrogens is 454 g/mol. The van der Waals surface area contributed by atoms with Gasteiger partial charge in [0.2, 0.25) is 5.91 Å². The van der Waals surface area contributed by atoms with E-state index in [1.807, 2.05) is 17.8 Å². The summed E-state index contributed by atoms with van der Waals surface area (Å²) in [5.41, 5.74) is 5.80. The van der Waals surface area contributed by atoms with Crippen LogP contribution in [0.3, 0.4) is 0 Å². The van der Waals surface area contributed by atoms with E-state index in [0.29, 0.717) is 29.8 Å². The maximum atomic E-state index is 12.6. The molecule has 0 atom stereocenters. The van der Waals surface area contributed by atoms with Gasteiger partial charge in [-0.1, -0.05) is 0 Å². The minimum Gasteiger partial charge on any atom is -0.497 e. The Morgan fingerprint density at radius 3 is 2.25 bits per heavy atom. The van der Waals surface area contributed by atoms with E-state index >= 15 is 0 Å². The van der Waals surface area contributed by atoms with Gasteiger partial charge in [-0.25, -0.2) is 9.67 Å². The molecule has 8 nitrogen and oxygen atoms in total.